The minimum Gasteiger partial charge on any atom is -0.495 e. The second-order valence-electron chi connectivity index (χ2n) is 5.87. The lowest BCUT2D eigenvalue weighted by Crippen LogP contribution is -2.26. The highest BCUT2D eigenvalue weighted by Crippen LogP contribution is 2.30. The third-order valence-electron chi connectivity index (χ3n) is 3.87. The molecule has 2 aromatic heterocycles. The first kappa shape index (κ1) is 18.7. The number of methoxy groups -OCH3 is 1. The van der Waals surface area contributed by atoms with Gasteiger partial charge in [0.05, 0.1) is 18.3 Å². The molecule has 1 aliphatic rings. The van der Waals surface area contributed by atoms with Crippen LogP contribution in [0.5, 0.6) is 11.5 Å². The number of anilines is 5. The summed E-state index contributed by atoms with van der Waals surface area (Å²) < 4.78 is 24.5. The second kappa shape index (κ2) is 7.76. The molecule has 4 rings (SSSR count). The van der Waals surface area contributed by atoms with Crippen LogP contribution < -0.4 is 25.4 Å². The molecule has 148 valence electrons. The van der Waals surface area contributed by atoms with Gasteiger partial charge in [-0.05, 0) is 30.3 Å². The Morgan fingerprint density at radius 1 is 1.24 bits per heavy atom. The summed E-state index contributed by atoms with van der Waals surface area (Å²) in [4.78, 5) is 23.7. The van der Waals surface area contributed by atoms with Crippen molar-refractivity contribution in [1.29, 1.82) is 0 Å². The standard InChI is InChI=1S/C18H14ClFN6O3/c1-28-12-3-2-9(6-10(12)19)22-18-21-7-11(20)16(26-18)23-14-5-4-13-17(24-14)25-15(27)8-29-13/h2-7H,8H2,1H3,(H3,21,22,23,24,25,26,27). The first-order valence-corrected chi connectivity index (χ1v) is 8.73. The SMILES string of the molecule is COc1ccc(Nc2ncc(F)c(Nc3ccc4c(n3)NC(=O)CO4)n2)cc1Cl. The molecule has 11 heteroatoms. The van der Waals surface area contributed by atoms with Crippen molar-refractivity contribution in [2.45, 2.75) is 0 Å². The van der Waals surface area contributed by atoms with Crippen LogP contribution in [0.1, 0.15) is 0 Å². The molecule has 3 aromatic rings. The van der Waals surface area contributed by atoms with Crippen LogP contribution in [0.2, 0.25) is 5.02 Å². The fourth-order valence-corrected chi connectivity index (χ4v) is 2.80. The molecule has 0 saturated carbocycles. The van der Waals surface area contributed by atoms with Crippen molar-refractivity contribution in [2.24, 2.45) is 0 Å². The van der Waals surface area contributed by atoms with Crippen molar-refractivity contribution in [1.82, 2.24) is 15.0 Å². The zero-order valence-corrected chi connectivity index (χ0v) is 15.7. The molecule has 0 radical (unpaired) electrons. The zero-order valence-electron chi connectivity index (χ0n) is 15.0. The predicted molar refractivity (Wildman–Crippen MR) is 105 cm³/mol. The lowest BCUT2D eigenvalue weighted by Gasteiger charge is -2.17. The first-order chi connectivity index (χ1) is 14.0. The number of fused-ring (bicyclic) bond motifs is 1. The average molecular weight is 417 g/mol. The van der Waals surface area contributed by atoms with Gasteiger partial charge in [-0.3, -0.25) is 4.79 Å². The summed E-state index contributed by atoms with van der Waals surface area (Å²) in [6, 6.07) is 8.23. The first-order valence-electron chi connectivity index (χ1n) is 8.35. The Morgan fingerprint density at radius 3 is 2.90 bits per heavy atom. The van der Waals surface area contributed by atoms with Crippen LogP contribution in [0.3, 0.4) is 0 Å². The van der Waals surface area contributed by atoms with Gasteiger partial charge in [0.1, 0.15) is 11.6 Å². The number of ether oxygens (including phenoxy) is 2. The van der Waals surface area contributed by atoms with Crippen LogP contribution in [-0.2, 0) is 4.79 Å². The number of aromatic nitrogens is 3. The summed E-state index contributed by atoms with van der Waals surface area (Å²) >= 11 is 6.10. The number of hydrogen-bond donors (Lipinski definition) is 3. The number of rotatable bonds is 5. The van der Waals surface area contributed by atoms with E-state index in [-0.39, 0.29) is 35.9 Å². The summed E-state index contributed by atoms with van der Waals surface area (Å²) in [5.41, 5.74) is 0.597. The molecule has 1 aromatic carbocycles. The Labute approximate surface area is 169 Å². The maximum absolute atomic E-state index is 14.2. The summed E-state index contributed by atoms with van der Waals surface area (Å²) in [6.45, 7) is -0.0770. The van der Waals surface area contributed by atoms with Gasteiger partial charge in [-0.15, -0.1) is 0 Å². The van der Waals surface area contributed by atoms with Gasteiger partial charge in [-0.1, -0.05) is 11.6 Å². The zero-order chi connectivity index (χ0) is 20.4. The highest BCUT2D eigenvalue weighted by molar-refractivity contribution is 6.32. The Morgan fingerprint density at radius 2 is 2.10 bits per heavy atom. The number of halogens is 2. The minimum absolute atomic E-state index is 0.0770. The highest BCUT2D eigenvalue weighted by atomic mass is 35.5. The van der Waals surface area contributed by atoms with E-state index in [4.69, 9.17) is 21.1 Å². The minimum atomic E-state index is -0.678. The summed E-state index contributed by atoms with van der Waals surface area (Å²) in [6.07, 6.45) is 1.02. The molecule has 1 amide bonds. The van der Waals surface area contributed by atoms with Crippen molar-refractivity contribution in [2.75, 3.05) is 29.7 Å². The fourth-order valence-electron chi connectivity index (χ4n) is 2.54. The Bertz CT molecular complexity index is 1100. The van der Waals surface area contributed by atoms with Gasteiger partial charge in [0.25, 0.3) is 5.91 Å². The normalized spacial score (nSPS) is 12.4. The molecule has 0 bridgehead atoms. The van der Waals surface area contributed by atoms with Crippen molar-refractivity contribution in [3.8, 4) is 11.5 Å². The van der Waals surface area contributed by atoms with Crippen LogP contribution in [-0.4, -0.2) is 34.6 Å². The largest absolute Gasteiger partial charge is 0.495 e. The number of benzene rings is 1. The van der Waals surface area contributed by atoms with E-state index in [9.17, 15) is 9.18 Å². The van der Waals surface area contributed by atoms with E-state index < -0.39 is 5.82 Å². The molecule has 0 fully saturated rings. The van der Waals surface area contributed by atoms with Crippen LogP contribution >= 0.6 is 11.6 Å². The molecule has 0 unspecified atom stereocenters. The maximum Gasteiger partial charge on any atom is 0.263 e. The van der Waals surface area contributed by atoms with E-state index in [0.717, 1.165) is 6.20 Å². The molecule has 0 spiro atoms. The van der Waals surface area contributed by atoms with Crippen molar-refractivity contribution < 1.29 is 18.7 Å². The summed E-state index contributed by atoms with van der Waals surface area (Å²) in [7, 11) is 1.52. The average Bonchev–Trinajstić information content (AvgIpc) is 2.70. The van der Waals surface area contributed by atoms with E-state index in [0.29, 0.717) is 22.2 Å². The lowest BCUT2D eigenvalue weighted by atomic mass is 10.3. The molecule has 3 heterocycles. The number of amides is 1. The van der Waals surface area contributed by atoms with E-state index in [1.807, 2.05) is 0 Å². The topological polar surface area (TPSA) is 110 Å². The number of carbonyl (C=O) groups is 1. The molecule has 9 nitrogen and oxygen atoms in total. The molecule has 1 aliphatic heterocycles. The highest BCUT2D eigenvalue weighted by Gasteiger charge is 2.18. The molecule has 3 N–H and O–H groups in total. The Hall–Kier alpha value is -3.66. The van der Waals surface area contributed by atoms with Crippen LogP contribution in [0.4, 0.5) is 33.5 Å². The summed E-state index contributed by atoms with van der Waals surface area (Å²) in [5.74, 6) is 0.509. The third kappa shape index (κ3) is 4.11. The van der Waals surface area contributed by atoms with Gasteiger partial charge >= 0.3 is 0 Å². The van der Waals surface area contributed by atoms with Gasteiger partial charge in [-0.25, -0.2) is 14.4 Å². The molecule has 0 saturated heterocycles. The van der Waals surface area contributed by atoms with E-state index in [1.54, 1.807) is 30.3 Å². The number of hydrogen-bond acceptors (Lipinski definition) is 8. The van der Waals surface area contributed by atoms with Crippen molar-refractivity contribution in [3.63, 3.8) is 0 Å². The monoisotopic (exact) mass is 416 g/mol. The number of nitrogens with one attached hydrogen (secondary N) is 3. The van der Waals surface area contributed by atoms with Crippen LogP contribution in [0, 0.1) is 5.82 Å². The lowest BCUT2D eigenvalue weighted by molar-refractivity contribution is -0.118. The Balaban J connectivity index is 1.55. The smallest absolute Gasteiger partial charge is 0.263 e. The van der Waals surface area contributed by atoms with Gasteiger partial charge in [0.15, 0.2) is 29.8 Å². The van der Waals surface area contributed by atoms with E-state index >= 15 is 0 Å². The van der Waals surface area contributed by atoms with Gasteiger partial charge in [0.2, 0.25) is 5.95 Å². The molecule has 0 atom stereocenters. The van der Waals surface area contributed by atoms with Gasteiger partial charge in [0, 0.05) is 5.69 Å². The van der Waals surface area contributed by atoms with Crippen LogP contribution in [0.15, 0.2) is 36.5 Å². The van der Waals surface area contributed by atoms with Crippen molar-refractivity contribution >= 4 is 46.6 Å². The quantitative estimate of drug-likeness (QED) is 0.579. The number of pyridine rings is 1. The maximum atomic E-state index is 14.2. The molecule has 0 aliphatic carbocycles. The van der Waals surface area contributed by atoms with E-state index in [1.165, 1.54) is 7.11 Å². The Kier molecular flexibility index (Phi) is 5.00. The van der Waals surface area contributed by atoms with Gasteiger partial charge in [-0.2, -0.15) is 4.98 Å². The van der Waals surface area contributed by atoms with Crippen molar-refractivity contribution in [3.05, 3.63) is 47.4 Å². The number of nitrogens with zero attached hydrogens (tertiary/aromatic N) is 3. The molecular weight excluding hydrogens is 403 g/mol. The number of carbonyl (C=O) groups excluding carboxylic acids is 1. The molecular formula is C18H14ClFN6O3. The van der Waals surface area contributed by atoms with Gasteiger partial charge < -0.3 is 25.4 Å². The van der Waals surface area contributed by atoms with E-state index in [2.05, 4.69) is 30.9 Å². The predicted octanol–water partition coefficient (Wildman–Crippen LogP) is 3.49. The fraction of sp³-hybridized carbons (Fsp3) is 0.111. The summed E-state index contributed by atoms with van der Waals surface area (Å²) in [5, 5.41) is 8.69. The third-order valence-corrected chi connectivity index (χ3v) is 4.17. The molecule has 29 heavy (non-hydrogen) atoms. The second-order valence-corrected chi connectivity index (χ2v) is 6.28. The van der Waals surface area contributed by atoms with Crippen LogP contribution in [0.25, 0.3) is 0 Å².